The van der Waals surface area contributed by atoms with Crippen LogP contribution in [0.3, 0.4) is 0 Å². The minimum Gasteiger partial charge on any atom is -0.481 e. The highest BCUT2D eigenvalue weighted by Crippen LogP contribution is 2.21. The molecule has 0 aliphatic heterocycles. The van der Waals surface area contributed by atoms with Crippen molar-refractivity contribution in [1.29, 1.82) is 5.26 Å². The molecule has 0 fully saturated rings. The number of carboxylic acid groups (broad SMARTS) is 1. The maximum atomic E-state index is 10.7. The average molecular weight is 260 g/mol. The first-order valence-electron chi connectivity index (χ1n) is 6.50. The summed E-state index contributed by atoms with van der Waals surface area (Å²) < 4.78 is 0. The SMILES string of the molecule is CCCN(CCC(=O)O)C(C#N)c1cccc(C)c1. The zero-order valence-corrected chi connectivity index (χ0v) is 11.5. The topological polar surface area (TPSA) is 64.3 Å². The number of benzene rings is 1. The lowest BCUT2D eigenvalue weighted by molar-refractivity contribution is -0.137. The number of nitriles is 1. The predicted molar refractivity (Wildman–Crippen MR) is 73.6 cm³/mol. The molecular formula is C15H20N2O2. The fraction of sp³-hybridized carbons (Fsp3) is 0.467. The summed E-state index contributed by atoms with van der Waals surface area (Å²) in [5.41, 5.74) is 2.04. The van der Waals surface area contributed by atoms with Crippen LogP contribution in [0.1, 0.15) is 36.9 Å². The van der Waals surface area contributed by atoms with E-state index in [4.69, 9.17) is 5.11 Å². The Bertz CT molecular complexity index is 465. The molecule has 102 valence electrons. The molecule has 0 saturated carbocycles. The van der Waals surface area contributed by atoms with Gasteiger partial charge in [-0.25, -0.2) is 0 Å². The Hall–Kier alpha value is -1.86. The van der Waals surface area contributed by atoms with Gasteiger partial charge in [0.15, 0.2) is 0 Å². The van der Waals surface area contributed by atoms with E-state index in [0.717, 1.165) is 24.1 Å². The first kappa shape index (κ1) is 15.2. The van der Waals surface area contributed by atoms with Crippen LogP contribution in [0.25, 0.3) is 0 Å². The molecule has 0 radical (unpaired) electrons. The van der Waals surface area contributed by atoms with Crippen molar-refractivity contribution in [1.82, 2.24) is 4.90 Å². The van der Waals surface area contributed by atoms with Crippen LogP contribution in [0.2, 0.25) is 0 Å². The highest BCUT2D eigenvalue weighted by Gasteiger charge is 2.20. The van der Waals surface area contributed by atoms with E-state index < -0.39 is 5.97 Å². The summed E-state index contributed by atoms with van der Waals surface area (Å²) >= 11 is 0. The third kappa shape index (κ3) is 4.72. The summed E-state index contributed by atoms with van der Waals surface area (Å²) in [4.78, 5) is 12.6. The lowest BCUT2D eigenvalue weighted by Gasteiger charge is -2.26. The summed E-state index contributed by atoms with van der Waals surface area (Å²) in [5.74, 6) is -0.831. The maximum Gasteiger partial charge on any atom is 0.304 e. The van der Waals surface area contributed by atoms with Gasteiger partial charge in [0.05, 0.1) is 12.5 Å². The zero-order valence-electron chi connectivity index (χ0n) is 11.5. The number of nitrogens with zero attached hydrogens (tertiary/aromatic N) is 2. The molecule has 1 N–H and O–H groups in total. The molecule has 0 amide bonds. The Morgan fingerprint density at radius 1 is 1.47 bits per heavy atom. The van der Waals surface area contributed by atoms with E-state index in [1.807, 2.05) is 43.0 Å². The molecule has 0 aromatic heterocycles. The molecule has 1 aromatic rings. The van der Waals surface area contributed by atoms with E-state index in [0.29, 0.717) is 6.54 Å². The van der Waals surface area contributed by atoms with Crippen molar-refractivity contribution in [2.24, 2.45) is 0 Å². The van der Waals surface area contributed by atoms with Gasteiger partial charge in [0.1, 0.15) is 6.04 Å². The molecule has 0 spiro atoms. The number of hydrogen-bond acceptors (Lipinski definition) is 3. The molecule has 0 heterocycles. The minimum atomic E-state index is -0.831. The van der Waals surface area contributed by atoms with Crippen LogP contribution in [0, 0.1) is 18.3 Å². The zero-order chi connectivity index (χ0) is 14.3. The second kappa shape index (κ2) is 7.55. The van der Waals surface area contributed by atoms with E-state index in [2.05, 4.69) is 6.07 Å². The van der Waals surface area contributed by atoms with Crippen molar-refractivity contribution in [3.8, 4) is 6.07 Å². The Labute approximate surface area is 114 Å². The van der Waals surface area contributed by atoms with Gasteiger partial charge in [0.25, 0.3) is 0 Å². The van der Waals surface area contributed by atoms with Crippen molar-refractivity contribution < 1.29 is 9.90 Å². The van der Waals surface area contributed by atoms with Crippen molar-refractivity contribution in [3.05, 3.63) is 35.4 Å². The quantitative estimate of drug-likeness (QED) is 0.818. The predicted octanol–water partition coefficient (Wildman–Crippen LogP) is 2.75. The minimum absolute atomic E-state index is 0.0595. The normalized spacial score (nSPS) is 12.1. The second-order valence-corrected chi connectivity index (χ2v) is 4.63. The molecule has 4 nitrogen and oxygen atoms in total. The summed E-state index contributed by atoms with van der Waals surface area (Å²) in [6.45, 7) is 5.13. The molecule has 19 heavy (non-hydrogen) atoms. The van der Waals surface area contributed by atoms with Gasteiger partial charge in [0.2, 0.25) is 0 Å². The molecule has 0 saturated heterocycles. The van der Waals surface area contributed by atoms with E-state index in [9.17, 15) is 10.1 Å². The third-order valence-electron chi connectivity index (χ3n) is 2.97. The number of carboxylic acids is 1. The number of aryl methyl sites for hydroxylation is 1. The smallest absolute Gasteiger partial charge is 0.304 e. The lowest BCUT2D eigenvalue weighted by atomic mass is 10.0. The summed E-state index contributed by atoms with van der Waals surface area (Å²) in [5, 5.41) is 18.2. The van der Waals surface area contributed by atoms with Crippen molar-refractivity contribution in [2.75, 3.05) is 13.1 Å². The molecule has 0 aliphatic carbocycles. The van der Waals surface area contributed by atoms with Gasteiger partial charge >= 0.3 is 5.97 Å². The lowest BCUT2D eigenvalue weighted by Crippen LogP contribution is -2.31. The Balaban J connectivity index is 2.90. The van der Waals surface area contributed by atoms with Crippen LogP contribution in [-0.2, 0) is 4.79 Å². The summed E-state index contributed by atoms with van der Waals surface area (Å²) in [6, 6.07) is 9.73. The van der Waals surface area contributed by atoms with Crippen LogP contribution in [0.4, 0.5) is 0 Å². The van der Waals surface area contributed by atoms with Gasteiger partial charge in [-0.15, -0.1) is 0 Å². The monoisotopic (exact) mass is 260 g/mol. The molecule has 4 heteroatoms. The third-order valence-corrected chi connectivity index (χ3v) is 2.97. The summed E-state index contributed by atoms with van der Waals surface area (Å²) in [6.07, 6.45) is 0.952. The van der Waals surface area contributed by atoms with Gasteiger partial charge in [-0.2, -0.15) is 5.26 Å². The second-order valence-electron chi connectivity index (χ2n) is 4.63. The standard InChI is InChI=1S/C15H20N2O2/c1-3-8-17(9-7-15(18)19)14(11-16)13-6-4-5-12(2)10-13/h4-6,10,14H,3,7-9H2,1-2H3,(H,18,19). The Morgan fingerprint density at radius 2 is 2.21 bits per heavy atom. The van der Waals surface area contributed by atoms with Crippen LogP contribution < -0.4 is 0 Å². The van der Waals surface area contributed by atoms with E-state index in [-0.39, 0.29) is 12.5 Å². The number of rotatable bonds is 7. The van der Waals surface area contributed by atoms with E-state index >= 15 is 0 Å². The van der Waals surface area contributed by atoms with Crippen LogP contribution in [0.5, 0.6) is 0 Å². The molecule has 0 bridgehead atoms. The van der Waals surface area contributed by atoms with Crippen LogP contribution in [0.15, 0.2) is 24.3 Å². The number of carbonyl (C=O) groups is 1. The number of hydrogen-bond donors (Lipinski definition) is 1. The maximum absolute atomic E-state index is 10.7. The van der Waals surface area contributed by atoms with Crippen molar-refractivity contribution in [2.45, 2.75) is 32.7 Å². The molecule has 1 aromatic carbocycles. The molecule has 1 unspecified atom stereocenters. The highest BCUT2D eigenvalue weighted by atomic mass is 16.4. The van der Waals surface area contributed by atoms with Gasteiger partial charge < -0.3 is 5.11 Å². The first-order chi connectivity index (χ1) is 9.08. The van der Waals surface area contributed by atoms with Gasteiger partial charge in [-0.1, -0.05) is 36.8 Å². The molecular weight excluding hydrogens is 240 g/mol. The average Bonchev–Trinajstić information content (AvgIpc) is 2.37. The fourth-order valence-corrected chi connectivity index (χ4v) is 2.10. The molecule has 0 aliphatic rings. The summed E-state index contributed by atoms with van der Waals surface area (Å²) in [7, 11) is 0. The number of aliphatic carboxylic acids is 1. The largest absolute Gasteiger partial charge is 0.481 e. The van der Waals surface area contributed by atoms with Crippen LogP contribution in [-0.4, -0.2) is 29.1 Å². The van der Waals surface area contributed by atoms with Crippen LogP contribution >= 0.6 is 0 Å². The van der Waals surface area contributed by atoms with E-state index in [1.54, 1.807) is 0 Å². The molecule has 1 atom stereocenters. The highest BCUT2D eigenvalue weighted by molar-refractivity contribution is 5.66. The molecule has 1 rings (SSSR count). The van der Waals surface area contributed by atoms with Crippen molar-refractivity contribution in [3.63, 3.8) is 0 Å². The fourth-order valence-electron chi connectivity index (χ4n) is 2.10. The van der Waals surface area contributed by atoms with Gasteiger partial charge in [-0.05, 0) is 25.5 Å². The first-order valence-corrected chi connectivity index (χ1v) is 6.50. The van der Waals surface area contributed by atoms with Crippen molar-refractivity contribution >= 4 is 5.97 Å². The van der Waals surface area contributed by atoms with Gasteiger partial charge in [-0.3, -0.25) is 9.69 Å². The Kier molecular flexibility index (Phi) is 6.04. The van der Waals surface area contributed by atoms with E-state index in [1.165, 1.54) is 0 Å². The van der Waals surface area contributed by atoms with Gasteiger partial charge in [0, 0.05) is 6.54 Å². The Morgan fingerprint density at radius 3 is 2.74 bits per heavy atom.